The highest BCUT2D eigenvalue weighted by Gasteiger charge is 2.25. The minimum absolute atomic E-state index is 0.0177. The third-order valence-corrected chi connectivity index (χ3v) is 4.64. The Morgan fingerprint density at radius 1 is 1.32 bits per heavy atom. The minimum Gasteiger partial charge on any atom is -0.365 e. The molecule has 0 aliphatic heterocycles. The van der Waals surface area contributed by atoms with Crippen LogP contribution in [0.15, 0.2) is 0 Å². The van der Waals surface area contributed by atoms with Crippen molar-refractivity contribution in [3.8, 4) is 0 Å². The van der Waals surface area contributed by atoms with Crippen LogP contribution in [0.5, 0.6) is 0 Å². The Labute approximate surface area is 117 Å². The average Bonchev–Trinajstić information content (AvgIpc) is 2.88. The fraction of sp³-hybridized carbons (Fsp3) is 0.571. The molecule has 1 aliphatic carbocycles. The number of anilines is 1. The van der Waals surface area contributed by atoms with E-state index >= 15 is 0 Å². The first-order chi connectivity index (χ1) is 9.13. The first-order valence-corrected chi connectivity index (χ1v) is 7.69. The smallest absolute Gasteiger partial charge is 0.251 e. The molecule has 2 amide bonds. The molecule has 3 N–H and O–H groups in total. The minimum atomic E-state index is -0.428. The summed E-state index contributed by atoms with van der Waals surface area (Å²) in [4.78, 5) is 24.6. The highest BCUT2D eigenvalue weighted by molar-refractivity contribution is 7.17. The molecular weight excluding hydrogens is 260 g/mol. The number of fused-ring (bicyclic) bond motifs is 1. The van der Waals surface area contributed by atoms with Crippen molar-refractivity contribution in [2.45, 2.75) is 51.9 Å². The summed E-state index contributed by atoms with van der Waals surface area (Å²) in [5, 5.41) is 3.51. The molecule has 0 unspecified atom stereocenters. The first-order valence-electron chi connectivity index (χ1n) is 6.87. The maximum Gasteiger partial charge on any atom is 0.251 e. The van der Waals surface area contributed by atoms with Crippen LogP contribution in [0.3, 0.4) is 0 Å². The summed E-state index contributed by atoms with van der Waals surface area (Å²) in [5.74, 6) is -0.445. The van der Waals surface area contributed by atoms with Gasteiger partial charge < -0.3 is 11.1 Å². The van der Waals surface area contributed by atoms with E-state index < -0.39 is 5.91 Å². The zero-order valence-corrected chi connectivity index (χ0v) is 12.1. The lowest BCUT2D eigenvalue weighted by Gasteiger charge is -2.05. The van der Waals surface area contributed by atoms with Crippen LogP contribution in [0, 0.1) is 0 Å². The van der Waals surface area contributed by atoms with E-state index in [4.69, 9.17) is 5.73 Å². The molecule has 0 atom stereocenters. The molecule has 0 aromatic carbocycles. The summed E-state index contributed by atoms with van der Waals surface area (Å²) in [6.07, 6.45) is 6.51. The molecule has 1 aliphatic rings. The zero-order valence-electron chi connectivity index (χ0n) is 11.3. The topological polar surface area (TPSA) is 72.2 Å². The van der Waals surface area contributed by atoms with Crippen molar-refractivity contribution >= 4 is 28.2 Å². The summed E-state index contributed by atoms with van der Waals surface area (Å²) >= 11 is 1.51. The predicted molar refractivity (Wildman–Crippen MR) is 77.6 cm³/mol. The number of hydrogen-bond acceptors (Lipinski definition) is 3. The molecule has 5 heteroatoms. The number of carbonyl (C=O) groups is 2. The summed E-state index contributed by atoms with van der Waals surface area (Å²) in [6, 6.07) is 0. The Morgan fingerprint density at radius 2 is 2.11 bits per heavy atom. The lowest BCUT2D eigenvalue weighted by Crippen LogP contribution is -2.17. The quantitative estimate of drug-likeness (QED) is 0.786. The van der Waals surface area contributed by atoms with E-state index in [0.29, 0.717) is 17.0 Å². The Kier molecular flexibility index (Phi) is 4.58. The van der Waals surface area contributed by atoms with Crippen LogP contribution < -0.4 is 11.1 Å². The number of amides is 2. The normalized spacial score (nSPS) is 13.3. The van der Waals surface area contributed by atoms with Gasteiger partial charge in [0.05, 0.1) is 5.56 Å². The maximum absolute atomic E-state index is 11.8. The van der Waals surface area contributed by atoms with Crippen LogP contribution in [0.2, 0.25) is 0 Å². The van der Waals surface area contributed by atoms with E-state index in [1.807, 2.05) is 0 Å². The Bertz CT molecular complexity index is 494. The highest BCUT2D eigenvalue weighted by Crippen LogP contribution is 2.38. The van der Waals surface area contributed by atoms with E-state index in [1.165, 1.54) is 16.2 Å². The fourth-order valence-electron chi connectivity index (χ4n) is 2.48. The molecule has 2 rings (SSSR count). The first kappa shape index (κ1) is 14.1. The molecule has 104 valence electrons. The summed E-state index contributed by atoms with van der Waals surface area (Å²) in [6.45, 7) is 2.10. The Hall–Kier alpha value is -1.36. The van der Waals surface area contributed by atoms with E-state index in [9.17, 15) is 9.59 Å². The van der Waals surface area contributed by atoms with Crippen molar-refractivity contribution in [2.24, 2.45) is 5.73 Å². The Morgan fingerprint density at radius 3 is 2.79 bits per heavy atom. The van der Waals surface area contributed by atoms with E-state index in [1.54, 1.807) is 0 Å². The monoisotopic (exact) mass is 280 g/mol. The summed E-state index contributed by atoms with van der Waals surface area (Å²) in [5.41, 5.74) is 7.05. The van der Waals surface area contributed by atoms with Crippen molar-refractivity contribution in [3.63, 3.8) is 0 Å². The number of rotatable bonds is 6. The van der Waals surface area contributed by atoms with Crippen LogP contribution in [-0.2, 0) is 17.6 Å². The van der Waals surface area contributed by atoms with Gasteiger partial charge in [0, 0.05) is 11.3 Å². The maximum atomic E-state index is 11.8. The largest absolute Gasteiger partial charge is 0.365 e. The van der Waals surface area contributed by atoms with Crippen LogP contribution in [0.4, 0.5) is 5.00 Å². The van der Waals surface area contributed by atoms with Crippen LogP contribution in [0.1, 0.15) is 59.8 Å². The van der Waals surface area contributed by atoms with Crippen molar-refractivity contribution < 1.29 is 9.59 Å². The molecule has 1 aromatic heterocycles. The lowest BCUT2D eigenvalue weighted by atomic mass is 10.1. The fourth-order valence-corrected chi connectivity index (χ4v) is 3.79. The van der Waals surface area contributed by atoms with Crippen LogP contribution in [-0.4, -0.2) is 11.8 Å². The van der Waals surface area contributed by atoms with Crippen LogP contribution in [0.25, 0.3) is 0 Å². The molecule has 1 heterocycles. The lowest BCUT2D eigenvalue weighted by molar-refractivity contribution is -0.116. The van der Waals surface area contributed by atoms with Crippen LogP contribution >= 0.6 is 11.3 Å². The second-order valence-corrected chi connectivity index (χ2v) is 6.04. The van der Waals surface area contributed by atoms with Gasteiger partial charge in [0.1, 0.15) is 5.00 Å². The molecule has 0 radical (unpaired) electrons. The molecule has 0 fully saturated rings. The molecule has 1 aromatic rings. The SMILES string of the molecule is CCCCCC(=O)Nc1sc2c(c1C(N)=O)CCC2. The number of aryl methyl sites for hydroxylation is 1. The third-order valence-electron chi connectivity index (χ3n) is 3.43. The number of carbonyl (C=O) groups excluding carboxylic acids is 2. The summed E-state index contributed by atoms with van der Waals surface area (Å²) in [7, 11) is 0. The third kappa shape index (κ3) is 3.15. The number of primary amides is 1. The number of unbranched alkanes of at least 4 members (excludes halogenated alkanes) is 2. The van der Waals surface area contributed by atoms with Gasteiger partial charge in [-0.15, -0.1) is 11.3 Å². The predicted octanol–water partition coefficient (Wildman–Crippen LogP) is 2.85. The van der Waals surface area contributed by atoms with Gasteiger partial charge in [0.15, 0.2) is 0 Å². The number of thiophene rings is 1. The standard InChI is InChI=1S/C14H20N2O2S/c1-2-3-4-8-11(17)16-14-12(13(15)18)9-6-5-7-10(9)19-14/h2-8H2,1H3,(H2,15,18)(H,16,17). The van der Waals surface area contributed by atoms with Gasteiger partial charge in [-0.1, -0.05) is 19.8 Å². The highest BCUT2D eigenvalue weighted by atomic mass is 32.1. The van der Waals surface area contributed by atoms with Gasteiger partial charge in [0.2, 0.25) is 5.91 Å². The van der Waals surface area contributed by atoms with E-state index in [2.05, 4.69) is 12.2 Å². The molecule has 0 saturated heterocycles. The molecule has 0 saturated carbocycles. The molecule has 0 bridgehead atoms. The summed E-state index contributed by atoms with van der Waals surface area (Å²) < 4.78 is 0. The Balaban J connectivity index is 2.08. The van der Waals surface area contributed by atoms with E-state index in [-0.39, 0.29) is 5.91 Å². The second-order valence-electron chi connectivity index (χ2n) is 4.93. The van der Waals surface area contributed by atoms with Gasteiger partial charge in [0.25, 0.3) is 5.91 Å². The van der Waals surface area contributed by atoms with Gasteiger partial charge >= 0.3 is 0 Å². The van der Waals surface area contributed by atoms with Crippen molar-refractivity contribution in [1.29, 1.82) is 0 Å². The molecule has 4 nitrogen and oxygen atoms in total. The van der Waals surface area contributed by atoms with Gasteiger partial charge in [-0.2, -0.15) is 0 Å². The van der Waals surface area contributed by atoms with Crippen molar-refractivity contribution in [1.82, 2.24) is 0 Å². The van der Waals surface area contributed by atoms with Crippen molar-refractivity contribution in [2.75, 3.05) is 5.32 Å². The van der Waals surface area contributed by atoms with E-state index in [0.717, 1.165) is 44.1 Å². The molecular formula is C14H20N2O2S. The van der Waals surface area contributed by atoms with Gasteiger partial charge in [-0.3, -0.25) is 9.59 Å². The van der Waals surface area contributed by atoms with Gasteiger partial charge in [-0.05, 0) is 31.2 Å². The van der Waals surface area contributed by atoms with Gasteiger partial charge in [-0.25, -0.2) is 0 Å². The molecule has 19 heavy (non-hydrogen) atoms. The zero-order chi connectivity index (χ0) is 13.8. The molecule has 0 spiro atoms. The number of nitrogens with two attached hydrogens (primary N) is 1. The average molecular weight is 280 g/mol. The second kappa shape index (κ2) is 6.19. The number of nitrogens with one attached hydrogen (secondary N) is 1. The van der Waals surface area contributed by atoms with Crippen molar-refractivity contribution in [3.05, 3.63) is 16.0 Å². The number of hydrogen-bond donors (Lipinski definition) is 2.